The molecule has 1 N–H and O–H groups in total. The Morgan fingerprint density at radius 2 is 1.93 bits per heavy atom. The van der Waals surface area contributed by atoms with E-state index in [1.54, 1.807) is 0 Å². The van der Waals surface area contributed by atoms with Crippen LogP contribution in [0.3, 0.4) is 0 Å². The Bertz CT molecular complexity index is 802. The number of benzene rings is 2. The molecule has 5 heteroatoms. The van der Waals surface area contributed by atoms with Crippen molar-refractivity contribution in [1.82, 2.24) is 4.90 Å². The van der Waals surface area contributed by atoms with Crippen LogP contribution in [0.5, 0.6) is 11.5 Å². The fraction of sp³-hybridized carbons (Fsp3) is 0.435. The van der Waals surface area contributed by atoms with Gasteiger partial charge in [0.15, 0.2) is 11.5 Å². The number of carbonyl (C=O) groups excluding carboxylic acids is 1. The van der Waals surface area contributed by atoms with Crippen molar-refractivity contribution < 1.29 is 14.3 Å². The molecule has 0 bridgehead atoms. The van der Waals surface area contributed by atoms with Crippen molar-refractivity contribution in [2.24, 2.45) is 0 Å². The first-order chi connectivity index (χ1) is 13.7. The largest absolute Gasteiger partial charge is 0.454 e. The summed E-state index contributed by atoms with van der Waals surface area (Å²) < 4.78 is 10.9. The SMILES string of the molecule is CC1CCCN1Cc1cccc2c1OCO2.O=CNc1ccc(C2CC2)cc1. The monoisotopic (exact) mass is 380 g/mol. The van der Waals surface area contributed by atoms with Crippen LogP contribution < -0.4 is 14.8 Å². The minimum absolute atomic E-state index is 0.363. The maximum Gasteiger partial charge on any atom is 0.231 e. The van der Waals surface area contributed by atoms with Crippen LogP contribution in [0.15, 0.2) is 42.5 Å². The number of likely N-dealkylation sites (tertiary alicyclic amines) is 1. The number of hydrogen-bond donors (Lipinski definition) is 1. The number of para-hydroxylation sites is 1. The van der Waals surface area contributed by atoms with E-state index in [0.717, 1.165) is 29.6 Å². The first-order valence-electron chi connectivity index (χ1n) is 10.2. The third kappa shape index (κ3) is 4.47. The topological polar surface area (TPSA) is 50.8 Å². The van der Waals surface area contributed by atoms with Gasteiger partial charge in [-0.15, -0.1) is 0 Å². The zero-order chi connectivity index (χ0) is 19.3. The molecule has 5 rings (SSSR count). The summed E-state index contributed by atoms with van der Waals surface area (Å²) in [6, 6.07) is 14.9. The van der Waals surface area contributed by atoms with E-state index in [-0.39, 0.29) is 0 Å². The number of carbonyl (C=O) groups is 1. The first kappa shape index (κ1) is 18.8. The van der Waals surface area contributed by atoms with E-state index >= 15 is 0 Å². The number of ether oxygens (including phenoxy) is 2. The predicted octanol–water partition coefficient (Wildman–Crippen LogP) is 4.53. The molecule has 28 heavy (non-hydrogen) atoms. The number of nitrogens with one attached hydrogen (secondary N) is 1. The number of rotatable bonds is 5. The third-order valence-electron chi connectivity index (χ3n) is 5.73. The lowest BCUT2D eigenvalue weighted by molar-refractivity contribution is -0.105. The summed E-state index contributed by atoms with van der Waals surface area (Å²) in [6.45, 7) is 4.84. The average Bonchev–Trinajstić information content (AvgIpc) is 3.31. The quantitative estimate of drug-likeness (QED) is 0.774. The molecule has 2 fully saturated rings. The Balaban J connectivity index is 0.000000143. The maximum atomic E-state index is 10.1. The molecule has 2 aromatic rings. The van der Waals surface area contributed by atoms with E-state index in [9.17, 15) is 4.79 Å². The van der Waals surface area contributed by atoms with Gasteiger partial charge >= 0.3 is 0 Å². The molecule has 5 nitrogen and oxygen atoms in total. The molecule has 3 aliphatic rings. The van der Waals surface area contributed by atoms with E-state index in [2.05, 4.69) is 35.3 Å². The number of nitrogens with zero attached hydrogens (tertiary/aromatic N) is 1. The zero-order valence-electron chi connectivity index (χ0n) is 16.4. The highest BCUT2D eigenvalue weighted by molar-refractivity contribution is 5.71. The second-order valence-corrected chi connectivity index (χ2v) is 7.77. The Morgan fingerprint density at radius 1 is 1.11 bits per heavy atom. The highest BCUT2D eigenvalue weighted by Gasteiger charge is 2.24. The van der Waals surface area contributed by atoms with Gasteiger partial charge < -0.3 is 14.8 Å². The first-order valence-corrected chi connectivity index (χ1v) is 10.2. The molecule has 1 aliphatic carbocycles. The standard InChI is InChI=1S/C13H17NO2.C10H11NO/c1-10-4-3-7-14(10)8-11-5-2-6-12-13(11)16-9-15-12;12-7-11-10-5-3-9(4-6-10)8-1-2-8/h2,5-6,10H,3-4,7-9H2,1H3;3-8H,1-2H2,(H,11,12). The third-order valence-corrected chi connectivity index (χ3v) is 5.73. The summed E-state index contributed by atoms with van der Waals surface area (Å²) >= 11 is 0. The Kier molecular flexibility index (Phi) is 5.81. The molecule has 148 valence electrons. The van der Waals surface area contributed by atoms with E-state index in [4.69, 9.17) is 9.47 Å². The molecule has 2 aromatic carbocycles. The molecular weight excluding hydrogens is 352 g/mol. The fourth-order valence-electron chi connectivity index (χ4n) is 3.90. The molecule has 1 saturated carbocycles. The second-order valence-electron chi connectivity index (χ2n) is 7.77. The summed E-state index contributed by atoms with van der Waals surface area (Å²) in [5.74, 6) is 2.63. The van der Waals surface area contributed by atoms with E-state index in [1.807, 2.05) is 24.3 Å². The Morgan fingerprint density at radius 3 is 2.61 bits per heavy atom. The van der Waals surface area contributed by atoms with Crippen LogP contribution in [0.2, 0.25) is 0 Å². The lowest BCUT2D eigenvalue weighted by Crippen LogP contribution is -2.26. The average molecular weight is 380 g/mol. The predicted molar refractivity (Wildman–Crippen MR) is 110 cm³/mol. The molecule has 2 aliphatic heterocycles. The molecule has 0 spiro atoms. The van der Waals surface area contributed by atoms with Gasteiger partial charge in [-0.1, -0.05) is 24.3 Å². The van der Waals surface area contributed by atoms with E-state index < -0.39 is 0 Å². The van der Waals surface area contributed by atoms with Crippen molar-refractivity contribution in [2.45, 2.75) is 51.1 Å². The Labute approximate surface area is 166 Å². The van der Waals surface area contributed by atoms with Gasteiger partial charge in [-0.05, 0) is 68.8 Å². The molecule has 1 atom stereocenters. The maximum absolute atomic E-state index is 10.1. The Hall–Kier alpha value is -2.53. The summed E-state index contributed by atoms with van der Waals surface area (Å²) in [5, 5.41) is 2.61. The van der Waals surface area contributed by atoms with Crippen molar-refractivity contribution in [3.63, 3.8) is 0 Å². The minimum atomic E-state index is 0.363. The van der Waals surface area contributed by atoms with E-state index in [1.165, 1.54) is 43.4 Å². The highest BCUT2D eigenvalue weighted by atomic mass is 16.7. The lowest BCUT2D eigenvalue weighted by atomic mass is 10.1. The van der Waals surface area contributed by atoms with Crippen molar-refractivity contribution in [3.05, 3.63) is 53.6 Å². The van der Waals surface area contributed by atoms with Crippen molar-refractivity contribution in [1.29, 1.82) is 0 Å². The van der Waals surface area contributed by atoms with Gasteiger partial charge in [-0.2, -0.15) is 0 Å². The number of anilines is 1. The zero-order valence-corrected chi connectivity index (χ0v) is 16.4. The van der Waals surface area contributed by atoms with Crippen LogP contribution >= 0.6 is 0 Å². The van der Waals surface area contributed by atoms with Gasteiger partial charge in [-0.25, -0.2) is 0 Å². The van der Waals surface area contributed by atoms with Gasteiger partial charge in [0, 0.05) is 23.8 Å². The molecular formula is C23H28N2O3. The minimum Gasteiger partial charge on any atom is -0.454 e. The number of hydrogen-bond acceptors (Lipinski definition) is 4. The molecule has 0 radical (unpaired) electrons. The smallest absolute Gasteiger partial charge is 0.231 e. The van der Waals surface area contributed by atoms with Crippen molar-refractivity contribution in [2.75, 3.05) is 18.7 Å². The number of fused-ring (bicyclic) bond motifs is 1. The highest BCUT2D eigenvalue weighted by Crippen LogP contribution is 2.40. The fourth-order valence-corrected chi connectivity index (χ4v) is 3.90. The van der Waals surface area contributed by atoms with Crippen LogP contribution in [-0.4, -0.2) is 30.7 Å². The van der Waals surface area contributed by atoms with E-state index in [0.29, 0.717) is 19.2 Å². The van der Waals surface area contributed by atoms with Crippen LogP contribution in [0, 0.1) is 0 Å². The van der Waals surface area contributed by atoms with Gasteiger partial charge in [0.2, 0.25) is 13.2 Å². The second kappa shape index (κ2) is 8.65. The summed E-state index contributed by atoms with van der Waals surface area (Å²) in [6.07, 6.45) is 5.97. The van der Waals surface area contributed by atoms with Gasteiger partial charge in [0.1, 0.15) is 0 Å². The normalized spacial score (nSPS) is 20.4. The van der Waals surface area contributed by atoms with Gasteiger partial charge in [-0.3, -0.25) is 9.69 Å². The number of amides is 1. The molecule has 1 unspecified atom stereocenters. The molecule has 0 aromatic heterocycles. The lowest BCUT2D eigenvalue weighted by Gasteiger charge is -2.21. The summed E-state index contributed by atoms with van der Waals surface area (Å²) in [7, 11) is 0. The van der Waals surface area contributed by atoms with Gasteiger partial charge in [0.25, 0.3) is 0 Å². The van der Waals surface area contributed by atoms with Crippen LogP contribution in [0.1, 0.15) is 49.7 Å². The van der Waals surface area contributed by atoms with Crippen LogP contribution in [-0.2, 0) is 11.3 Å². The molecule has 1 amide bonds. The van der Waals surface area contributed by atoms with Crippen molar-refractivity contribution >= 4 is 12.1 Å². The van der Waals surface area contributed by atoms with Crippen LogP contribution in [0.25, 0.3) is 0 Å². The summed E-state index contributed by atoms with van der Waals surface area (Å²) in [5.41, 5.74) is 3.52. The van der Waals surface area contributed by atoms with Crippen molar-refractivity contribution in [3.8, 4) is 11.5 Å². The molecule has 2 heterocycles. The van der Waals surface area contributed by atoms with Gasteiger partial charge in [0.05, 0.1) is 0 Å². The molecule has 1 saturated heterocycles. The van der Waals surface area contributed by atoms with Crippen LogP contribution in [0.4, 0.5) is 5.69 Å². The summed E-state index contributed by atoms with van der Waals surface area (Å²) in [4.78, 5) is 12.6.